The van der Waals surface area contributed by atoms with E-state index in [1.165, 1.54) is 0 Å². The van der Waals surface area contributed by atoms with Gasteiger partial charge < -0.3 is 19.7 Å². The Balaban J connectivity index is 1.37. The summed E-state index contributed by atoms with van der Waals surface area (Å²) in [4.78, 5) is 39.1. The molecule has 0 bridgehead atoms. The first-order valence-corrected chi connectivity index (χ1v) is 9.99. The molecule has 1 saturated heterocycles. The molecular weight excluding hydrogens is 408 g/mol. The molecule has 2 amide bonds. The number of ether oxygens (including phenoxy) is 2. The van der Waals surface area contributed by atoms with Gasteiger partial charge in [0, 0.05) is 23.6 Å². The smallest absolute Gasteiger partial charge is 0.251 e. The second-order valence-corrected chi connectivity index (χ2v) is 7.94. The van der Waals surface area contributed by atoms with Gasteiger partial charge in [-0.05, 0) is 42.5 Å². The van der Waals surface area contributed by atoms with Gasteiger partial charge in [0.15, 0.2) is 5.78 Å². The van der Waals surface area contributed by atoms with Crippen molar-refractivity contribution in [1.29, 1.82) is 0 Å². The number of nitrogens with zero attached hydrogens (tertiary/aromatic N) is 1. The third kappa shape index (κ3) is 3.98. The molecule has 7 nitrogen and oxygen atoms in total. The van der Waals surface area contributed by atoms with Crippen LogP contribution in [-0.2, 0) is 4.79 Å². The minimum Gasteiger partial charge on any atom is -0.497 e. The van der Waals surface area contributed by atoms with E-state index in [4.69, 9.17) is 21.1 Å². The van der Waals surface area contributed by atoms with Crippen molar-refractivity contribution in [1.82, 2.24) is 10.2 Å². The first-order valence-electron chi connectivity index (χ1n) is 9.61. The van der Waals surface area contributed by atoms with Crippen LogP contribution in [0.3, 0.4) is 0 Å². The third-order valence-electron chi connectivity index (χ3n) is 5.47. The lowest BCUT2D eigenvalue weighted by Gasteiger charge is -2.34. The van der Waals surface area contributed by atoms with Gasteiger partial charge in [-0.2, -0.15) is 0 Å². The van der Waals surface area contributed by atoms with Gasteiger partial charge >= 0.3 is 0 Å². The molecule has 1 atom stereocenters. The van der Waals surface area contributed by atoms with E-state index >= 15 is 0 Å². The van der Waals surface area contributed by atoms with Crippen molar-refractivity contribution in [3.8, 4) is 11.5 Å². The summed E-state index contributed by atoms with van der Waals surface area (Å²) in [5.41, 5.74) is 0.201. The van der Waals surface area contributed by atoms with Gasteiger partial charge in [-0.25, -0.2) is 0 Å². The van der Waals surface area contributed by atoms with Crippen molar-refractivity contribution >= 4 is 29.2 Å². The maximum Gasteiger partial charge on any atom is 0.251 e. The molecule has 4 rings (SSSR count). The Labute approximate surface area is 178 Å². The zero-order valence-corrected chi connectivity index (χ0v) is 17.2. The molecule has 2 aliphatic heterocycles. The highest BCUT2D eigenvalue weighted by Gasteiger charge is 2.47. The van der Waals surface area contributed by atoms with E-state index in [2.05, 4.69) is 5.32 Å². The van der Waals surface area contributed by atoms with E-state index in [1.807, 2.05) is 0 Å². The second kappa shape index (κ2) is 7.99. The van der Waals surface area contributed by atoms with E-state index in [-0.39, 0.29) is 30.6 Å². The summed E-state index contributed by atoms with van der Waals surface area (Å²) in [6.07, 6.45) is 0.759. The number of benzene rings is 2. The molecule has 2 aliphatic rings. The number of carbonyl (C=O) groups is 3. The van der Waals surface area contributed by atoms with E-state index in [9.17, 15) is 14.4 Å². The Morgan fingerprint density at radius 2 is 2.00 bits per heavy atom. The second-order valence-electron chi connectivity index (χ2n) is 7.50. The van der Waals surface area contributed by atoms with Crippen LogP contribution in [0.4, 0.5) is 0 Å². The number of halogens is 1. The van der Waals surface area contributed by atoms with Gasteiger partial charge in [0.2, 0.25) is 5.91 Å². The van der Waals surface area contributed by atoms with Crippen LogP contribution in [0.15, 0.2) is 42.5 Å². The average molecular weight is 429 g/mol. The number of carbonyl (C=O) groups excluding carboxylic acids is 3. The summed E-state index contributed by atoms with van der Waals surface area (Å²) in [6.45, 7) is 0.646. The lowest BCUT2D eigenvalue weighted by atomic mass is 9.89. The van der Waals surface area contributed by atoms with Crippen LogP contribution in [0.2, 0.25) is 5.02 Å². The fraction of sp³-hybridized carbons (Fsp3) is 0.318. The van der Waals surface area contributed by atoms with Crippen molar-refractivity contribution in [3.63, 3.8) is 0 Å². The monoisotopic (exact) mass is 428 g/mol. The van der Waals surface area contributed by atoms with Crippen LogP contribution in [0, 0.1) is 0 Å². The van der Waals surface area contributed by atoms with Crippen LogP contribution in [-0.4, -0.2) is 54.8 Å². The first kappa shape index (κ1) is 20.2. The Morgan fingerprint density at radius 3 is 2.73 bits per heavy atom. The number of ketones is 1. The molecule has 0 saturated carbocycles. The predicted molar refractivity (Wildman–Crippen MR) is 110 cm³/mol. The molecule has 0 radical (unpaired) electrons. The summed E-state index contributed by atoms with van der Waals surface area (Å²) < 4.78 is 11.3. The normalized spacial score (nSPS) is 19.9. The van der Waals surface area contributed by atoms with Gasteiger partial charge in [0.25, 0.3) is 5.91 Å². The molecule has 1 unspecified atom stereocenters. The molecule has 0 aromatic heterocycles. The fourth-order valence-corrected chi connectivity index (χ4v) is 3.98. The SMILES string of the molecule is COc1ccc2c(c1)C(=O)CC1(CCN(C(=O)CNC(=O)c3ccc(Cl)cc3)C1)O2. The molecule has 30 heavy (non-hydrogen) atoms. The lowest BCUT2D eigenvalue weighted by molar-refractivity contribution is -0.129. The van der Waals surface area contributed by atoms with E-state index in [0.717, 1.165) is 0 Å². The van der Waals surface area contributed by atoms with Gasteiger partial charge in [0.1, 0.15) is 17.1 Å². The number of hydrogen-bond donors (Lipinski definition) is 1. The highest BCUT2D eigenvalue weighted by molar-refractivity contribution is 6.30. The van der Waals surface area contributed by atoms with E-state index in [1.54, 1.807) is 54.5 Å². The van der Waals surface area contributed by atoms with Crippen molar-refractivity contribution in [3.05, 3.63) is 58.6 Å². The number of Topliss-reactive ketones (excluding diaryl/α,β-unsaturated/α-hetero) is 1. The maximum atomic E-state index is 12.7. The minimum atomic E-state index is -0.728. The van der Waals surface area contributed by atoms with Crippen molar-refractivity contribution < 1.29 is 23.9 Å². The number of fused-ring (bicyclic) bond motifs is 1. The molecule has 0 aliphatic carbocycles. The number of rotatable bonds is 4. The molecule has 2 heterocycles. The molecule has 156 valence electrons. The molecule has 1 spiro atoms. The lowest BCUT2D eigenvalue weighted by Crippen LogP contribution is -2.46. The third-order valence-corrected chi connectivity index (χ3v) is 5.72. The average Bonchev–Trinajstić information content (AvgIpc) is 3.15. The van der Waals surface area contributed by atoms with Gasteiger partial charge in [-0.1, -0.05) is 11.6 Å². The summed E-state index contributed by atoms with van der Waals surface area (Å²) in [7, 11) is 1.55. The van der Waals surface area contributed by atoms with Crippen molar-refractivity contribution in [2.24, 2.45) is 0 Å². The zero-order valence-electron chi connectivity index (χ0n) is 16.4. The Hall–Kier alpha value is -3.06. The topological polar surface area (TPSA) is 84.9 Å². The molecule has 8 heteroatoms. The highest BCUT2D eigenvalue weighted by Crippen LogP contribution is 2.40. The zero-order chi connectivity index (χ0) is 21.3. The van der Waals surface area contributed by atoms with Gasteiger partial charge in [0.05, 0.1) is 32.2 Å². The summed E-state index contributed by atoms with van der Waals surface area (Å²) in [5.74, 6) is 0.519. The summed E-state index contributed by atoms with van der Waals surface area (Å²) in [5, 5.41) is 3.16. The molecule has 2 aromatic carbocycles. The van der Waals surface area contributed by atoms with Crippen LogP contribution in [0.1, 0.15) is 33.6 Å². The minimum absolute atomic E-state index is 0.0273. The summed E-state index contributed by atoms with van der Waals surface area (Å²) in [6, 6.07) is 11.6. The van der Waals surface area contributed by atoms with Crippen LogP contribution in [0.25, 0.3) is 0 Å². The Morgan fingerprint density at radius 1 is 1.23 bits per heavy atom. The maximum absolute atomic E-state index is 12.7. The van der Waals surface area contributed by atoms with Crippen LogP contribution >= 0.6 is 11.6 Å². The van der Waals surface area contributed by atoms with Crippen molar-refractivity contribution in [2.45, 2.75) is 18.4 Å². The number of methoxy groups -OCH3 is 1. The van der Waals surface area contributed by atoms with Gasteiger partial charge in [-0.3, -0.25) is 14.4 Å². The predicted octanol–water partition coefficient (Wildman–Crippen LogP) is 2.71. The molecule has 1 N–H and O–H groups in total. The standard InChI is InChI=1S/C22H21ClN2O5/c1-29-16-6-7-19-17(10-16)18(26)11-22(30-19)8-9-25(13-22)20(27)12-24-21(28)14-2-4-15(23)5-3-14/h2-7,10H,8-9,11-13H2,1H3,(H,24,28). The molecule has 2 aromatic rings. The van der Waals surface area contributed by atoms with E-state index in [0.29, 0.717) is 47.2 Å². The number of likely N-dealkylation sites (tertiary alicyclic amines) is 1. The van der Waals surface area contributed by atoms with Gasteiger partial charge in [-0.15, -0.1) is 0 Å². The van der Waals surface area contributed by atoms with E-state index < -0.39 is 5.60 Å². The Bertz CT molecular complexity index is 1010. The first-order chi connectivity index (χ1) is 14.4. The summed E-state index contributed by atoms with van der Waals surface area (Å²) >= 11 is 5.82. The number of hydrogen-bond acceptors (Lipinski definition) is 5. The largest absolute Gasteiger partial charge is 0.497 e. The Kier molecular flexibility index (Phi) is 5.39. The number of nitrogens with one attached hydrogen (secondary N) is 1. The fourth-order valence-electron chi connectivity index (χ4n) is 3.86. The number of amides is 2. The molecule has 1 fully saturated rings. The van der Waals surface area contributed by atoms with Crippen LogP contribution < -0.4 is 14.8 Å². The molecular formula is C22H21ClN2O5. The highest BCUT2D eigenvalue weighted by atomic mass is 35.5. The van der Waals surface area contributed by atoms with Crippen molar-refractivity contribution in [2.75, 3.05) is 26.7 Å². The van der Waals surface area contributed by atoms with Crippen LogP contribution in [0.5, 0.6) is 11.5 Å². The quantitative estimate of drug-likeness (QED) is 0.809.